The van der Waals surface area contributed by atoms with Crippen LogP contribution in [0.3, 0.4) is 0 Å². The molecule has 0 bridgehead atoms. The van der Waals surface area contributed by atoms with Gasteiger partial charge in [0.25, 0.3) is 0 Å². The van der Waals surface area contributed by atoms with Crippen molar-refractivity contribution in [3.05, 3.63) is 25.3 Å². The van der Waals surface area contributed by atoms with Gasteiger partial charge in [-0.25, -0.2) is 0 Å². The third-order valence-corrected chi connectivity index (χ3v) is 1.03. The predicted octanol–water partition coefficient (Wildman–Crippen LogP) is 1.13. The van der Waals surface area contributed by atoms with E-state index < -0.39 is 0 Å². The molecule has 1 rings (SSSR count). The number of hydrogen-bond donors (Lipinski definition) is 0. The first-order valence-corrected chi connectivity index (χ1v) is 2.29. The van der Waals surface area contributed by atoms with Crippen molar-refractivity contribution in [2.75, 3.05) is 0 Å². The molecule has 0 aromatic carbocycles. The van der Waals surface area contributed by atoms with Gasteiger partial charge in [0.05, 0.1) is 0 Å². The molecule has 0 saturated carbocycles. The molecule has 0 N–H and O–H groups in total. The number of ether oxygens (including phenoxy) is 1. The van der Waals surface area contributed by atoms with Crippen LogP contribution in [0, 0.1) is 0 Å². The quantitative estimate of drug-likeness (QED) is 0.371. The highest BCUT2D eigenvalue weighted by Gasteiger charge is 2.32. The normalized spacial score (nSPS) is 37.1. The summed E-state index contributed by atoms with van der Waals surface area (Å²) < 4.78 is 4.98. The summed E-state index contributed by atoms with van der Waals surface area (Å²) in [4.78, 5) is 0. The van der Waals surface area contributed by atoms with Crippen molar-refractivity contribution in [1.29, 1.82) is 0 Å². The van der Waals surface area contributed by atoms with Crippen LogP contribution in [0.2, 0.25) is 0 Å². The van der Waals surface area contributed by atoms with Gasteiger partial charge in [0, 0.05) is 0 Å². The Balaban J connectivity index is 2.30. The SMILES string of the molecule is C=C[C@H]1O[C@@H]1C=C. The number of epoxide rings is 1. The molecular weight excluding hydrogens is 88.1 g/mol. The van der Waals surface area contributed by atoms with Crippen molar-refractivity contribution in [2.24, 2.45) is 0 Å². The zero-order valence-electron chi connectivity index (χ0n) is 4.13. The van der Waals surface area contributed by atoms with E-state index in [0.29, 0.717) is 0 Å². The van der Waals surface area contributed by atoms with Gasteiger partial charge in [0.1, 0.15) is 12.2 Å². The van der Waals surface area contributed by atoms with E-state index in [-0.39, 0.29) is 12.2 Å². The van der Waals surface area contributed by atoms with E-state index >= 15 is 0 Å². The maximum absolute atomic E-state index is 4.98. The molecule has 0 unspecified atom stereocenters. The molecule has 1 heterocycles. The Bertz CT molecular complexity index is 84.4. The molecule has 0 aromatic rings. The first kappa shape index (κ1) is 4.60. The summed E-state index contributed by atoms with van der Waals surface area (Å²) in [6.07, 6.45) is 4.09. The van der Waals surface area contributed by atoms with Gasteiger partial charge in [-0.05, 0) is 0 Å². The van der Waals surface area contributed by atoms with Crippen LogP contribution in [0.15, 0.2) is 25.3 Å². The molecule has 0 radical (unpaired) electrons. The molecule has 0 amide bonds. The van der Waals surface area contributed by atoms with Crippen LogP contribution in [0.4, 0.5) is 0 Å². The van der Waals surface area contributed by atoms with Crippen LogP contribution in [-0.4, -0.2) is 12.2 Å². The van der Waals surface area contributed by atoms with Crippen LogP contribution in [0.25, 0.3) is 0 Å². The summed E-state index contributed by atoms with van der Waals surface area (Å²) in [5, 5.41) is 0. The maximum Gasteiger partial charge on any atom is 0.106 e. The fourth-order valence-electron chi connectivity index (χ4n) is 0.515. The van der Waals surface area contributed by atoms with Crippen molar-refractivity contribution in [3.63, 3.8) is 0 Å². The zero-order valence-corrected chi connectivity index (χ0v) is 4.13. The lowest BCUT2D eigenvalue weighted by Crippen LogP contribution is -1.79. The lowest BCUT2D eigenvalue weighted by molar-refractivity contribution is 0.414. The lowest BCUT2D eigenvalue weighted by Gasteiger charge is -1.67. The highest BCUT2D eigenvalue weighted by atomic mass is 16.6. The molecule has 0 aliphatic carbocycles. The number of rotatable bonds is 2. The summed E-state index contributed by atoms with van der Waals surface area (Å²) in [6.45, 7) is 7.10. The highest BCUT2D eigenvalue weighted by Crippen LogP contribution is 2.22. The van der Waals surface area contributed by atoms with Crippen molar-refractivity contribution < 1.29 is 4.74 Å². The fourth-order valence-corrected chi connectivity index (χ4v) is 0.515. The van der Waals surface area contributed by atoms with Crippen LogP contribution in [0.5, 0.6) is 0 Å². The molecule has 7 heavy (non-hydrogen) atoms. The third-order valence-electron chi connectivity index (χ3n) is 1.03. The maximum atomic E-state index is 4.98. The Morgan fingerprint density at radius 3 is 1.71 bits per heavy atom. The van der Waals surface area contributed by atoms with Gasteiger partial charge in [-0.1, -0.05) is 12.2 Å². The molecule has 0 aromatic heterocycles. The minimum absolute atomic E-state index is 0.262. The van der Waals surface area contributed by atoms with Gasteiger partial charge in [0.2, 0.25) is 0 Å². The summed E-state index contributed by atoms with van der Waals surface area (Å²) >= 11 is 0. The zero-order chi connectivity index (χ0) is 5.28. The topological polar surface area (TPSA) is 12.5 Å². The molecule has 2 atom stereocenters. The lowest BCUT2D eigenvalue weighted by atomic mass is 10.3. The van der Waals surface area contributed by atoms with E-state index in [1.165, 1.54) is 0 Å². The summed E-state index contributed by atoms with van der Waals surface area (Å²) in [7, 11) is 0. The largest absolute Gasteiger partial charge is 0.361 e. The second kappa shape index (κ2) is 1.51. The fraction of sp³-hybridized carbons (Fsp3) is 0.333. The van der Waals surface area contributed by atoms with E-state index in [1.807, 2.05) is 0 Å². The first-order valence-electron chi connectivity index (χ1n) is 2.29. The Morgan fingerprint density at radius 2 is 1.57 bits per heavy atom. The minimum atomic E-state index is 0.262. The van der Waals surface area contributed by atoms with Gasteiger partial charge >= 0.3 is 0 Å². The Morgan fingerprint density at radius 1 is 1.14 bits per heavy atom. The van der Waals surface area contributed by atoms with Gasteiger partial charge in [-0.15, -0.1) is 13.2 Å². The van der Waals surface area contributed by atoms with Crippen LogP contribution in [0.1, 0.15) is 0 Å². The van der Waals surface area contributed by atoms with Crippen LogP contribution in [-0.2, 0) is 4.74 Å². The standard InChI is InChI=1S/C6H8O/c1-3-5-6(4-2)7-5/h3-6H,1-2H2/t5-,6-/m1/s1. The average Bonchev–Trinajstić information content (AvgIpc) is 2.43. The van der Waals surface area contributed by atoms with E-state index in [1.54, 1.807) is 12.2 Å². The summed E-state index contributed by atoms with van der Waals surface area (Å²) in [5.74, 6) is 0. The van der Waals surface area contributed by atoms with Crippen molar-refractivity contribution in [2.45, 2.75) is 12.2 Å². The third kappa shape index (κ3) is 0.722. The van der Waals surface area contributed by atoms with Crippen LogP contribution >= 0.6 is 0 Å². The molecular formula is C6H8O. The van der Waals surface area contributed by atoms with Gasteiger partial charge < -0.3 is 4.74 Å². The Labute approximate surface area is 43.3 Å². The molecule has 1 nitrogen and oxygen atoms in total. The Hall–Kier alpha value is -0.560. The number of hydrogen-bond acceptors (Lipinski definition) is 1. The first-order chi connectivity index (χ1) is 3.38. The van der Waals surface area contributed by atoms with Crippen molar-refractivity contribution in [3.8, 4) is 0 Å². The molecule has 1 saturated heterocycles. The monoisotopic (exact) mass is 96.1 g/mol. The Kier molecular flexibility index (Phi) is 0.988. The minimum Gasteiger partial charge on any atom is -0.361 e. The second-order valence-corrected chi connectivity index (χ2v) is 1.54. The molecule has 0 spiro atoms. The van der Waals surface area contributed by atoms with Crippen molar-refractivity contribution in [1.82, 2.24) is 0 Å². The predicted molar refractivity (Wildman–Crippen MR) is 29.1 cm³/mol. The average molecular weight is 96.1 g/mol. The molecule has 1 aliphatic heterocycles. The molecule has 1 heteroatoms. The van der Waals surface area contributed by atoms with Gasteiger partial charge in [0.15, 0.2) is 0 Å². The van der Waals surface area contributed by atoms with Crippen molar-refractivity contribution >= 4 is 0 Å². The summed E-state index contributed by atoms with van der Waals surface area (Å²) in [6, 6.07) is 0. The van der Waals surface area contributed by atoms with E-state index in [4.69, 9.17) is 4.74 Å². The second-order valence-electron chi connectivity index (χ2n) is 1.54. The molecule has 1 aliphatic rings. The molecule has 38 valence electrons. The smallest absolute Gasteiger partial charge is 0.106 e. The van der Waals surface area contributed by atoms with E-state index in [0.717, 1.165) is 0 Å². The van der Waals surface area contributed by atoms with E-state index in [9.17, 15) is 0 Å². The van der Waals surface area contributed by atoms with Crippen LogP contribution < -0.4 is 0 Å². The van der Waals surface area contributed by atoms with Gasteiger partial charge in [-0.2, -0.15) is 0 Å². The van der Waals surface area contributed by atoms with Gasteiger partial charge in [-0.3, -0.25) is 0 Å². The highest BCUT2D eigenvalue weighted by molar-refractivity contribution is 5.06. The summed E-state index contributed by atoms with van der Waals surface area (Å²) in [5.41, 5.74) is 0. The molecule has 1 fully saturated rings. The van der Waals surface area contributed by atoms with E-state index in [2.05, 4.69) is 13.2 Å².